The first kappa shape index (κ1) is 54.7. The van der Waals surface area contributed by atoms with Crippen LogP contribution in [0.2, 0.25) is 0 Å². The van der Waals surface area contributed by atoms with Gasteiger partial charge in [-0.1, -0.05) is 111 Å². The van der Waals surface area contributed by atoms with Crippen LogP contribution in [0.15, 0.2) is 116 Å². The molecule has 19 nitrogen and oxygen atoms in total. The molecule has 82 heavy (non-hydrogen) atoms. The van der Waals surface area contributed by atoms with Gasteiger partial charge in [-0.3, -0.25) is 19.9 Å². The highest BCUT2D eigenvalue weighted by Gasteiger charge is 2.55. The molecule has 2 aliphatic carbocycles. The quantitative estimate of drug-likeness (QED) is 0.0439. The lowest BCUT2D eigenvalue weighted by Crippen LogP contribution is -2.52. The second-order valence-electron chi connectivity index (χ2n) is 23.5. The fourth-order valence-electron chi connectivity index (χ4n) is 11.1. The first-order valence-corrected chi connectivity index (χ1v) is 29.7. The third-order valence-electron chi connectivity index (χ3n) is 16.3. The van der Waals surface area contributed by atoms with Crippen LogP contribution in [-0.2, 0) is 11.0 Å². The van der Waals surface area contributed by atoms with Crippen molar-refractivity contribution in [2.75, 3.05) is 47.6 Å². The number of thiazole rings is 1. The summed E-state index contributed by atoms with van der Waals surface area (Å²) in [7, 11) is 0. The Morgan fingerprint density at radius 2 is 1.43 bits per heavy atom. The number of fused-ring (bicyclic) bond motifs is 6. The second-order valence-corrected chi connectivity index (χ2v) is 25.5. The van der Waals surface area contributed by atoms with Crippen LogP contribution in [0.25, 0.3) is 32.3 Å². The molecule has 2 fully saturated rings. The lowest BCUT2D eigenvalue weighted by atomic mass is 9.84. The summed E-state index contributed by atoms with van der Waals surface area (Å²) in [5, 5.41) is 21.6. The predicted octanol–water partition coefficient (Wildman–Crippen LogP) is 13.4. The summed E-state index contributed by atoms with van der Waals surface area (Å²) in [5.41, 5.74) is 5.92. The number of benzene rings is 2. The maximum absolute atomic E-state index is 13.4. The van der Waals surface area contributed by atoms with E-state index < -0.39 is 17.6 Å². The second kappa shape index (κ2) is 21.5. The van der Waals surface area contributed by atoms with Crippen molar-refractivity contribution in [3.8, 4) is 23.0 Å². The number of rotatable bonds is 19. The molecule has 0 spiro atoms. The van der Waals surface area contributed by atoms with E-state index in [0.717, 1.165) is 99.5 Å². The van der Waals surface area contributed by atoms with E-state index in [0.29, 0.717) is 59.5 Å². The number of hydrogen-bond acceptors (Lipinski definition) is 15. The maximum atomic E-state index is 13.4. The minimum atomic E-state index is -0.590. The first-order chi connectivity index (χ1) is 39.4. The smallest absolute Gasteiger partial charge is 0.324 e. The molecular formula is C61H68N13O6S2+. The third-order valence-corrected chi connectivity index (χ3v) is 18.2. The lowest BCUT2D eigenvalue weighted by molar-refractivity contribution is -0.575. The molecule has 4 aliphatic rings. The topological polar surface area (TPSA) is 214 Å². The van der Waals surface area contributed by atoms with Gasteiger partial charge in [-0.2, -0.15) is 0 Å². The van der Waals surface area contributed by atoms with Gasteiger partial charge in [0.05, 0.1) is 33.0 Å². The molecular weight excluding hydrogens is 1070 g/mol. The van der Waals surface area contributed by atoms with Gasteiger partial charge in [0.25, 0.3) is 0 Å². The number of pyridine rings is 2. The summed E-state index contributed by atoms with van der Waals surface area (Å²) in [6.07, 6.45) is 10.3. The molecule has 6 aromatic heterocycles. The van der Waals surface area contributed by atoms with E-state index in [4.69, 9.17) is 38.5 Å². The molecule has 2 aromatic carbocycles. The molecule has 21 heteroatoms. The van der Waals surface area contributed by atoms with Crippen molar-refractivity contribution in [2.24, 2.45) is 10.9 Å². The number of aliphatic imine (C=N–C) groups is 1. The van der Waals surface area contributed by atoms with Crippen molar-refractivity contribution in [1.29, 1.82) is 0 Å². The number of nitrogens with one attached hydrogen (secondary N) is 4. The van der Waals surface area contributed by atoms with Gasteiger partial charge in [0.1, 0.15) is 35.5 Å². The van der Waals surface area contributed by atoms with Crippen molar-refractivity contribution in [1.82, 2.24) is 34.6 Å². The molecule has 2 atom stereocenters. The Balaban J connectivity index is 0.631. The van der Waals surface area contributed by atoms with Crippen LogP contribution in [0.4, 0.5) is 32.6 Å². The molecule has 424 valence electrons. The third kappa shape index (κ3) is 11.1. The monoisotopic (exact) mass is 1140 g/mol. The standard InChI is InChI=1S/C61H67N13O6S2/c1-10-28-72(9)60(24-25-60)34-77-50-22-20-42-36(3)39-29-43(64-52(30-39)81-53(42)68-50)37-12-16-40(17-13-37)62-56(76)67-49-32-47(80-71-49)59(7,8)74(11-2)61(26-27-61)35-78-51-23-21-45-54(69-51)82-57-65-44(33-73(45)57)38-14-18-41(19-15-38)63-55(75)66-48-31-46(79-70-48)58(4,5)6/h12-23,29,31-33,36,39H,9-11,24-28,30,34-35H2,1-8H3,(H3-,62,63,66,67,70,71,75,76)/p+1. The van der Waals surface area contributed by atoms with Gasteiger partial charge >= 0.3 is 12.1 Å². The number of hydrogen-bond donors (Lipinski definition) is 4. The van der Waals surface area contributed by atoms with Gasteiger partial charge in [0, 0.05) is 78.5 Å². The molecule has 8 heterocycles. The van der Waals surface area contributed by atoms with Gasteiger partial charge in [-0.05, 0) is 86.5 Å². The van der Waals surface area contributed by atoms with Crippen LogP contribution >= 0.6 is 23.1 Å². The number of anilines is 4. The van der Waals surface area contributed by atoms with E-state index in [1.165, 1.54) is 16.9 Å². The highest BCUT2D eigenvalue weighted by atomic mass is 32.2. The molecule has 12 rings (SSSR count). The number of thioether (sulfide) groups is 1. The summed E-state index contributed by atoms with van der Waals surface area (Å²) >= 11 is 3.12. The Morgan fingerprint density at radius 1 is 0.793 bits per heavy atom. The van der Waals surface area contributed by atoms with Crippen LogP contribution in [0, 0.1) is 5.92 Å². The summed E-state index contributed by atoms with van der Waals surface area (Å²) in [4.78, 5) is 50.0. The number of urea groups is 2. The van der Waals surface area contributed by atoms with Crippen LogP contribution in [0.5, 0.6) is 11.8 Å². The number of nitrogens with zero attached hydrogens (tertiary/aromatic N) is 9. The molecule has 4 N–H and O–H groups in total. The number of allylic oxidation sites excluding steroid dienone is 1. The Labute approximate surface area is 484 Å². The van der Waals surface area contributed by atoms with Gasteiger partial charge < -0.3 is 29.2 Å². The van der Waals surface area contributed by atoms with Gasteiger partial charge in [0.15, 0.2) is 34.5 Å². The number of carbonyl (C=O) groups excluding carboxylic acids is 2. The Morgan fingerprint density at radius 3 is 2.06 bits per heavy atom. The summed E-state index contributed by atoms with van der Waals surface area (Å²) < 4.78 is 28.3. The fraction of sp³-hybridized carbons (Fsp3) is 0.393. The van der Waals surface area contributed by atoms with Crippen LogP contribution in [-0.4, -0.2) is 100 Å². The van der Waals surface area contributed by atoms with E-state index in [2.05, 4.69) is 94.5 Å². The van der Waals surface area contributed by atoms with E-state index in [1.807, 2.05) is 98.1 Å². The zero-order valence-corrected chi connectivity index (χ0v) is 49.1. The van der Waals surface area contributed by atoms with E-state index in [-0.39, 0.29) is 28.3 Å². The molecule has 4 amide bonds. The van der Waals surface area contributed by atoms with E-state index in [9.17, 15) is 9.59 Å². The summed E-state index contributed by atoms with van der Waals surface area (Å²) in [6, 6.07) is 26.0. The summed E-state index contributed by atoms with van der Waals surface area (Å²) in [5.74, 6) is 3.65. The number of carbonyl (C=O) groups is 2. The van der Waals surface area contributed by atoms with Crippen molar-refractivity contribution in [2.45, 2.75) is 127 Å². The van der Waals surface area contributed by atoms with Crippen LogP contribution < -0.4 is 30.7 Å². The largest absolute Gasteiger partial charge is 0.476 e. The van der Waals surface area contributed by atoms with Crippen LogP contribution in [0.1, 0.15) is 122 Å². The maximum Gasteiger partial charge on any atom is 0.324 e. The normalized spacial score (nSPS) is 17.8. The molecule has 2 bridgehead atoms. The molecule has 2 unspecified atom stereocenters. The first-order valence-electron chi connectivity index (χ1n) is 28.1. The number of imidazole rings is 1. The van der Waals surface area contributed by atoms with E-state index >= 15 is 0 Å². The SMILES string of the molecule is C=[N+](CCC)C1(COc2ccc3c(n2)SC2=NC(c4ccc(NC(=O)Nc5cc(C(C)(C)N(CC)C6(COc7ccc8c(n7)sc7nc(-c9ccc(NC(=O)Nc%10cc(C(C)(C)C)on%10)cc9)cn78)CC6)on5)cc4)=CC(C2)C3C)CC1. The minimum absolute atomic E-state index is 0.0169. The van der Waals surface area contributed by atoms with Gasteiger partial charge in [-0.15, -0.1) is 0 Å². The van der Waals surface area contributed by atoms with Gasteiger partial charge in [0.2, 0.25) is 11.8 Å². The zero-order chi connectivity index (χ0) is 57.1. The Kier molecular flexibility index (Phi) is 14.3. The highest BCUT2D eigenvalue weighted by molar-refractivity contribution is 8.14. The van der Waals surface area contributed by atoms with Crippen molar-refractivity contribution in [3.05, 3.63) is 120 Å². The average molecular weight is 1140 g/mol. The average Bonchev–Trinajstić information content (AvgIpc) is 3.55. The molecule has 0 saturated heterocycles. The van der Waals surface area contributed by atoms with Crippen molar-refractivity contribution < 1.29 is 32.7 Å². The highest BCUT2D eigenvalue weighted by Crippen LogP contribution is 2.49. The number of amides is 4. The lowest BCUT2D eigenvalue weighted by Gasteiger charge is -2.42. The van der Waals surface area contributed by atoms with Crippen molar-refractivity contribution >= 4 is 90.9 Å². The minimum Gasteiger partial charge on any atom is -0.476 e. The Hall–Kier alpha value is -7.88. The molecule has 2 aliphatic heterocycles. The molecule has 2 saturated carbocycles. The predicted molar refractivity (Wildman–Crippen MR) is 322 cm³/mol. The zero-order valence-electron chi connectivity index (χ0n) is 47.5. The Bertz CT molecular complexity index is 3800. The van der Waals surface area contributed by atoms with Crippen molar-refractivity contribution in [3.63, 3.8) is 0 Å². The molecule has 0 radical (unpaired) electrons. The fourth-order valence-corrected chi connectivity index (χ4v) is 13.3. The molecule has 8 aromatic rings. The number of ether oxygens (including phenoxy) is 2. The summed E-state index contributed by atoms with van der Waals surface area (Å²) in [6.45, 7) is 23.8. The number of likely N-dealkylation sites (N-methyl/N-ethyl adjacent to an activating group) is 1. The van der Waals surface area contributed by atoms with Gasteiger partial charge in [-0.25, -0.2) is 34.1 Å². The van der Waals surface area contributed by atoms with Crippen LogP contribution in [0.3, 0.4) is 0 Å². The van der Waals surface area contributed by atoms with E-state index in [1.54, 1.807) is 23.9 Å². The number of aromatic nitrogens is 6.